The number of esters is 1. The first-order valence-electron chi connectivity index (χ1n) is 5.63. The van der Waals surface area contributed by atoms with Gasteiger partial charge in [-0.2, -0.15) is 5.10 Å². The molecule has 2 aromatic rings. The third kappa shape index (κ3) is 3.64. The van der Waals surface area contributed by atoms with Crippen LogP contribution in [0.1, 0.15) is 5.56 Å². The highest BCUT2D eigenvalue weighted by atomic mass is 16.5. The van der Waals surface area contributed by atoms with Crippen molar-refractivity contribution in [1.82, 2.24) is 9.78 Å². The van der Waals surface area contributed by atoms with Gasteiger partial charge in [0.1, 0.15) is 5.75 Å². The number of rotatable bonds is 3. The first-order valence-corrected chi connectivity index (χ1v) is 5.63. The SMILES string of the molecule is Cn1ncc(/C=C/C(=O)Oc2ccccc2)cc1=O. The summed E-state index contributed by atoms with van der Waals surface area (Å²) in [5, 5.41) is 3.84. The van der Waals surface area contributed by atoms with E-state index in [1.165, 1.54) is 29.1 Å². The molecular formula is C14H12N2O3. The number of nitrogens with zero attached hydrogens (tertiary/aromatic N) is 2. The number of ether oxygens (including phenoxy) is 1. The number of carbonyl (C=O) groups is 1. The maximum atomic E-state index is 11.5. The van der Waals surface area contributed by atoms with Crippen LogP contribution < -0.4 is 10.3 Å². The summed E-state index contributed by atoms with van der Waals surface area (Å²) in [5.74, 6) is -0.0360. The molecule has 0 unspecified atom stereocenters. The van der Waals surface area contributed by atoms with Crippen molar-refractivity contribution in [3.05, 3.63) is 64.6 Å². The van der Waals surface area contributed by atoms with Crippen molar-refractivity contribution in [2.45, 2.75) is 0 Å². The molecule has 19 heavy (non-hydrogen) atoms. The summed E-state index contributed by atoms with van der Waals surface area (Å²) in [4.78, 5) is 22.9. The lowest BCUT2D eigenvalue weighted by Crippen LogP contribution is -2.18. The molecule has 0 aliphatic heterocycles. The summed E-state index contributed by atoms with van der Waals surface area (Å²) in [6, 6.07) is 10.1. The topological polar surface area (TPSA) is 61.2 Å². The standard InChI is InChI=1S/C14H12N2O3/c1-16-13(17)9-11(10-15-16)7-8-14(18)19-12-5-3-2-4-6-12/h2-10H,1H3/b8-7+. The molecule has 0 saturated carbocycles. The van der Waals surface area contributed by atoms with Gasteiger partial charge in [0.05, 0.1) is 6.20 Å². The van der Waals surface area contributed by atoms with Gasteiger partial charge in [-0.15, -0.1) is 0 Å². The lowest BCUT2D eigenvalue weighted by Gasteiger charge is -1.99. The summed E-state index contributed by atoms with van der Waals surface area (Å²) >= 11 is 0. The number of hydrogen-bond acceptors (Lipinski definition) is 4. The number of hydrogen-bond donors (Lipinski definition) is 0. The Morgan fingerprint density at radius 3 is 2.74 bits per heavy atom. The fraction of sp³-hybridized carbons (Fsp3) is 0.0714. The zero-order valence-electron chi connectivity index (χ0n) is 10.3. The van der Waals surface area contributed by atoms with Gasteiger partial charge in [0.25, 0.3) is 5.56 Å². The fourth-order valence-electron chi connectivity index (χ4n) is 1.38. The van der Waals surface area contributed by atoms with Crippen LogP contribution in [0.15, 0.2) is 53.5 Å². The Bertz CT molecular complexity index is 660. The first kappa shape index (κ1) is 12.8. The Balaban J connectivity index is 2.04. The van der Waals surface area contributed by atoms with E-state index in [1.54, 1.807) is 31.3 Å². The lowest BCUT2D eigenvalue weighted by atomic mass is 10.3. The van der Waals surface area contributed by atoms with Crippen LogP contribution in [0.5, 0.6) is 5.75 Å². The van der Waals surface area contributed by atoms with Gasteiger partial charge >= 0.3 is 5.97 Å². The number of aromatic nitrogens is 2. The van der Waals surface area contributed by atoms with E-state index in [9.17, 15) is 9.59 Å². The lowest BCUT2D eigenvalue weighted by molar-refractivity contribution is -0.128. The predicted octanol–water partition coefficient (Wildman–Crippen LogP) is 1.40. The Labute approximate surface area is 109 Å². The zero-order chi connectivity index (χ0) is 13.7. The Kier molecular flexibility index (Phi) is 3.87. The van der Waals surface area contributed by atoms with E-state index in [1.807, 2.05) is 6.07 Å². The molecule has 0 aliphatic rings. The average molecular weight is 256 g/mol. The predicted molar refractivity (Wildman–Crippen MR) is 70.6 cm³/mol. The van der Waals surface area contributed by atoms with Crippen molar-refractivity contribution < 1.29 is 9.53 Å². The molecular weight excluding hydrogens is 244 g/mol. The largest absolute Gasteiger partial charge is 0.423 e. The van der Waals surface area contributed by atoms with E-state index in [2.05, 4.69) is 5.10 Å². The van der Waals surface area contributed by atoms with Gasteiger partial charge < -0.3 is 4.74 Å². The van der Waals surface area contributed by atoms with Crippen LogP contribution in [0.3, 0.4) is 0 Å². The number of para-hydroxylation sites is 1. The molecule has 0 fully saturated rings. The van der Waals surface area contributed by atoms with Crippen molar-refractivity contribution in [2.75, 3.05) is 0 Å². The first-order chi connectivity index (χ1) is 9.15. The maximum absolute atomic E-state index is 11.5. The molecule has 0 atom stereocenters. The van der Waals surface area contributed by atoms with E-state index in [0.29, 0.717) is 11.3 Å². The highest BCUT2D eigenvalue weighted by Crippen LogP contribution is 2.08. The fourth-order valence-corrected chi connectivity index (χ4v) is 1.38. The van der Waals surface area contributed by atoms with Crippen LogP contribution in [0.2, 0.25) is 0 Å². The summed E-state index contributed by atoms with van der Waals surface area (Å²) in [6.45, 7) is 0. The van der Waals surface area contributed by atoms with Crippen molar-refractivity contribution >= 4 is 12.0 Å². The molecule has 1 aromatic carbocycles. The average Bonchev–Trinajstić information content (AvgIpc) is 2.41. The van der Waals surface area contributed by atoms with E-state index >= 15 is 0 Å². The van der Waals surface area contributed by atoms with Crippen LogP contribution in [-0.2, 0) is 11.8 Å². The Hall–Kier alpha value is -2.69. The third-order valence-electron chi connectivity index (χ3n) is 2.36. The second-order valence-electron chi connectivity index (χ2n) is 3.82. The van der Waals surface area contributed by atoms with Crippen molar-refractivity contribution in [2.24, 2.45) is 7.05 Å². The molecule has 0 N–H and O–H groups in total. The smallest absolute Gasteiger partial charge is 0.336 e. The maximum Gasteiger partial charge on any atom is 0.336 e. The van der Waals surface area contributed by atoms with E-state index in [-0.39, 0.29) is 5.56 Å². The van der Waals surface area contributed by atoms with Crippen LogP contribution in [0.4, 0.5) is 0 Å². The normalized spacial score (nSPS) is 10.6. The van der Waals surface area contributed by atoms with Gasteiger partial charge in [0.2, 0.25) is 0 Å². The van der Waals surface area contributed by atoms with Gasteiger partial charge in [-0.3, -0.25) is 4.79 Å². The second-order valence-corrected chi connectivity index (χ2v) is 3.82. The quantitative estimate of drug-likeness (QED) is 0.473. The zero-order valence-corrected chi connectivity index (χ0v) is 10.3. The minimum Gasteiger partial charge on any atom is -0.423 e. The molecule has 0 aliphatic carbocycles. The van der Waals surface area contributed by atoms with Crippen molar-refractivity contribution in [3.63, 3.8) is 0 Å². The second kappa shape index (κ2) is 5.77. The molecule has 0 amide bonds. The monoisotopic (exact) mass is 256 g/mol. The number of benzene rings is 1. The summed E-state index contributed by atoms with van der Waals surface area (Å²) in [5.41, 5.74) is 0.312. The van der Waals surface area contributed by atoms with Gasteiger partial charge in [0, 0.05) is 24.8 Å². The van der Waals surface area contributed by atoms with Crippen LogP contribution >= 0.6 is 0 Å². The third-order valence-corrected chi connectivity index (χ3v) is 2.36. The molecule has 5 nitrogen and oxygen atoms in total. The van der Waals surface area contributed by atoms with Gasteiger partial charge in [0.15, 0.2) is 0 Å². The van der Waals surface area contributed by atoms with E-state index < -0.39 is 5.97 Å². The van der Waals surface area contributed by atoms with Crippen LogP contribution in [0, 0.1) is 0 Å². The summed E-state index contributed by atoms with van der Waals surface area (Å²) < 4.78 is 6.27. The van der Waals surface area contributed by atoms with Crippen molar-refractivity contribution in [3.8, 4) is 5.75 Å². The van der Waals surface area contributed by atoms with Gasteiger partial charge in [-0.05, 0) is 18.2 Å². The Morgan fingerprint density at radius 1 is 1.32 bits per heavy atom. The summed E-state index contributed by atoms with van der Waals surface area (Å²) in [6.07, 6.45) is 4.23. The molecule has 1 aromatic heterocycles. The van der Waals surface area contributed by atoms with Gasteiger partial charge in [-0.1, -0.05) is 18.2 Å². The minimum absolute atomic E-state index is 0.237. The van der Waals surface area contributed by atoms with Gasteiger partial charge in [-0.25, -0.2) is 9.48 Å². The molecule has 96 valence electrons. The van der Waals surface area contributed by atoms with Crippen molar-refractivity contribution in [1.29, 1.82) is 0 Å². The van der Waals surface area contributed by atoms with Crippen LogP contribution in [0.25, 0.3) is 6.08 Å². The Morgan fingerprint density at radius 2 is 2.05 bits per heavy atom. The molecule has 0 radical (unpaired) electrons. The van der Waals surface area contributed by atoms with E-state index in [4.69, 9.17) is 4.74 Å². The van der Waals surface area contributed by atoms with E-state index in [0.717, 1.165) is 0 Å². The van der Waals surface area contributed by atoms with Crippen LogP contribution in [-0.4, -0.2) is 15.7 Å². The molecule has 0 bridgehead atoms. The number of aryl methyl sites for hydroxylation is 1. The number of carbonyl (C=O) groups excluding carboxylic acids is 1. The minimum atomic E-state index is -0.508. The molecule has 0 saturated heterocycles. The highest BCUT2D eigenvalue weighted by molar-refractivity contribution is 5.88. The molecule has 2 rings (SSSR count). The summed E-state index contributed by atoms with van der Waals surface area (Å²) in [7, 11) is 1.56. The molecule has 5 heteroatoms. The molecule has 1 heterocycles. The highest BCUT2D eigenvalue weighted by Gasteiger charge is 1.99. The molecule has 0 spiro atoms.